The van der Waals surface area contributed by atoms with E-state index in [0.717, 1.165) is 22.6 Å². The van der Waals surface area contributed by atoms with Crippen molar-refractivity contribution in [3.63, 3.8) is 0 Å². The van der Waals surface area contributed by atoms with Gasteiger partial charge in [-0.05, 0) is 18.9 Å². The van der Waals surface area contributed by atoms with Crippen molar-refractivity contribution in [1.82, 2.24) is 9.97 Å². The highest BCUT2D eigenvalue weighted by Crippen LogP contribution is 2.29. The summed E-state index contributed by atoms with van der Waals surface area (Å²) in [6.07, 6.45) is 2.39. The van der Waals surface area contributed by atoms with Crippen LogP contribution in [-0.4, -0.2) is 23.6 Å². The zero-order chi connectivity index (χ0) is 13.8. The Hall–Kier alpha value is -1.36. The number of nitrogens with one attached hydrogen (secondary N) is 2. The Balaban J connectivity index is 2.29. The molecule has 0 unspecified atom stereocenters. The normalized spacial score (nSPS) is 11.2. The molecule has 0 aliphatic carbocycles. The molecular weight excluding hydrogens is 256 g/mol. The van der Waals surface area contributed by atoms with Crippen molar-refractivity contribution in [1.29, 1.82) is 0 Å². The van der Waals surface area contributed by atoms with Crippen molar-refractivity contribution in [3.05, 3.63) is 10.9 Å². The van der Waals surface area contributed by atoms with Crippen LogP contribution >= 0.6 is 11.3 Å². The minimum absolute atomic E-state index is 0.682. The van der Waals surface area contributed by atoms with Gasteiger partial charge >= 0.3 is 0 Å². The van der Waals surface area contributed by atoms with Crippen molar-refractivity contribution in [2.45, 2.75) is 33.6 Å². The third-order valence-electron chi connectivity index (χ3n) is 3.45. The van der Waals surface area contributed by atoms with Gasteiger partial charge in [-0.15, -0.1) is 11.3 Å². The average molecular weight is 278 g/mol. The maximum absolute atomic E-state index is 4.55. The lowest BCUT2D eigenvalue weighted by Crippen LogP contribution is -2.14. The molecule has 0 amide bonds. The maximum atomic E-state index is 4.55. The van der Waals surface area contributed by atoms with Crippen LogP contribution in [0.3, 0.4) is 0 Å². The first-order chi connectivity index (χ1) is 9.17. The molecule has 2 aromatic heterocycles. The number of hydrogen-bond acceptors (Lipinski definition) is 5. The summed E-state index contributed by atoms with van der Waals surface area (Å²) in [5.41, 5.74) is 0. The van der Waals surface area contributed by atoms with Gasteiger partial charge in [-0.2, -0.15) is 4.98 Å². The van der Waals surface area contributed by atoms with Gasteiger partial charge in [-0.25, -0.2) is 4.98 Å². The van der Waals surface area contributed by atoms with Gasteiger partial charge in [-0.3, -0.25) is 0 Å². The first-order valence-electron chi connectivity index (χ1n) is 6.87. The number of fused-ring (bicyclic) bond motifs is 1. The van der Waals surface area contributed by atoms with E-state index in [4.69, 9.17) is 0 Å². The van der Waals surface area contributed by atoms with Crippen molar-refractivity contribution in [3.8, 4) is 0 Å². The Labute approximate surface area is 118 Å². The summed E-state index contributed by atoms with van der Waals surface area (Å²) in [7, 11) is 1.85. The highest BCUT2D eigenvalue weighted by molar-refractivity contribution is 7.18. The second kappa shape index (κ2) is 6.19. The zero-order valence-electron chi connectivity index (χ0n) is 12.1. The minimum atomic E-state index is 0.682. The van der Waals surface area contributed by atoms with Crippen molar-refractivity contribution < 1.29 is 0 Å². The summed E-state index contributed by atoms with van der Waals surface area (Å²) >= 11 is 1.71. The van der Waals surface area contributed by atoms with E-state index in [1.54, 1.807) is 11.3 Å². The van der Waals surface area contributed by atoms with Gasteiger partial charge < -0.3 is 10.6 Å². The molecule has 0 radical (unpaired) electrons. The van der Waals surface area contributed by atoms with E-state index in [2.05, 4.69) is 47.4 Å². The molecule has 2 N–H and O–H groups in total. The number of aromatic nitrogens is 2. The van der Waals surface area contributed by atoms with Crippen molar-refractivity contribution in [2.24, 2.45) is 5.92 Å². The van der Waals surface area contributed by atoms with Crippen LogP contribution < -0.4 is 10.6 Å². The van der Waals surface area contributed by atoms with Gasteiger partial charge in [0.1, 0.15) is 10.6 Å². The van der Waals surface area contributed by atoms with Crippen LogP contribution in [0.1, 0.15) is 31.6 Å². The number of anilines is 2. The molecule has 0 saturated carbocycles. The van der Waals surface area contributed by atoms with Crippen molar-refractivity contribution >= 4 is 33.3 Å². The number of thiophene rings is 1. The molecule has 0 aromatic carbocycles. The Morgan fingerprint density at radius 2 is 2.00 bits per heavy atom. The lowest BCUT2D eigenvalue weighted by atomic mass is 10.0. The molecule has 19 heavy (non-hydrogen) atoms. The van der Waals surface area contributed by atoms with Crippen LogP contribution in [0.5, 0.6) is 0 Å². The minimum Gasteiger partial charge on any atom is -0.369 e. The maximum Gasteiger partial charge on any atom is 0.225 e. The summed E-state index contributed by atoms with van der Waals surface area (Å²) in [6.45, 7) is 7.55. The van der Waals surface area contributed by atoms with Gasteiger partial charge in [0.2, 0.25) is 5.95 Å². The fraction of sp³-hybridized carbons (Fsp3) is 0.571. The average Bonchev–Trinajstić information content (AvgIpc) is 2.79. The molecule has 0 atom stereocenters. The lowest BCUT2D eigenvalue weighted by Gasteiger charge is -2.14. The smallest absolute Gasteiger partial charge is 0.225 e. The summed E-state index contributed by atoms with van der Waals surface area (Å²) < 4.78 is 0. The summed E-state index contributed by atoms with van der Waals surface area (Å²) in [5.74, 6) is 2.33. The third kappa shape index (κ3) is 3.15. The van der Waals surface area contributed by atoms with E-state index in [0.29, 0.717) is 11.9 Å². The van der Waals surface area contributed by atoms with E-state index < -0.39 is 0 Å². The van der Waals surface area contributed by atoms with E-state index in [1.807, 2.05) is 7.05 Å². The molecule has 0 aliphatic heterocycles. The van der Waals surface area contributed by atoms with E-state index in [-0.39, 0.29) is 0 Å². The van der Waals surface area contributed by atoms with Gasteiger partial charge in [0, 0.05) is 18.5 Å². The van der Waals surface area contributed by atoms with Crippen LogP contribution in [-0.2, 0) is 0 Å². The molecule has 2 aromatic rings. The largest absolute Gasteiger partial charge is 0.369 e. The SMILES string of the molecule is CCC(CC)CNc1nc(NC)nc2sc(C)cc12. The number of nitrogens with zero attached hydrogens (tertiary/aromatic N) is 2. The van der Waals surface area contributed by atoms with Crippen LogP contribution in [0, 0.1) is 12.8 Å². The van der Waals surface area contributed by atoms with E-state index in [1.165, 1.54) is 17.7 Å². The lowest BCUT2D eigenvalue weighted by molar-refractivity contribution is 0.518. The molecule has 2 heterocycles. The summed E-state index contributed by atoms with van der Waals surface area (Å²) in [4.78, 5) is 11.4. The van der Waals surface area contributed by atoms with E-state index in [9.17, 15) is 0 Å². The van der Waals surface area contributed by atoms with Crippen LogP contribution in [0.15, 0.2) is 6.07 Å². The summed E-state index contributed by atoms with van der Waals surface area (Å²) in [5, 5.41) is 7.65. The number of rotatable bonds is 6. The van der Waals surface area contributed by atoms with Crippen LogP contribution in [0.25, 0.3) is 10.2 Å². The Kier molecular flexibility index (Phi) is 4.58. The first-order valence-corrected chi connectivity index (χ1v) is 7.69. The molecule has 0 fully saturated rings. The molecule has 2 rings (SSSR count). The molecular formula is C14H22N4S. The molecule has 0 spiro atoms. The highest BCUT2D eigenvalue weighted by atomic mass is 32.1. The zero-order valence-corrected chi connectivity index (χ0v) is 12.9. The molecule has 104 valence electrons. The topological polar surface area (TPSA) is 49.8 Å². The van der Waals surface area contributed by atoms with E-state index >= 15 is 0 Å². The summed E-state index contributed by atoms with van der Waals surface area (Å²) in [6, 6.07) is 2.16. The Morgan fingerprint density at radius 3 is 2.63 bits per heavy atom. The molecule has 0 saturated heterocycles. The fourth-order valence-corrected chi connectivity index (χ4v) is 2.99. The molecule has 0 bridgehead atoms. The number of aryl methyl sites for hydroxylation is 1. The van der Waals surface area contributed by atoms with Gasteiger partial charge in [-0.1, -0.05) is 26.7 Å². The molecule has 4 nitrogen and oxygen atoms in total. The fourth-order valence-electron chi connectivity index (χ4n) is 2.11. The predicted molar refractivity (Wildman–Crippen MR) is 84.3 cm³/mol. The highest BCUT2D eigenvalue weighted by Gasteiger charge is 2.11. The predicted octanol–water partition coefficient (Wildman–Crippen LogP) is 3.89. The second-order valence-corrected chi connectivity index (χ2v) is 6.02. The quantitative estimate of drug-likeness (QED) is 0.841. The van der Waals surface area contributed by atoms with Crippen LogP contribution in [0.2, 0.25) is 0 Å². The third-order valence-corrected chi connectivity index (χ3v) is 4.40. The Bertz CT molecular complexity index is 546. The second-order valence-electron chi connectivity index (χ2n) is 4.79. The van der Waals surface area contributed by atoms with Gasteiger partial charge in [0.15, 0.2) is 0 Å². The molecule has 0 aliphatic rings. The van der Waals surface area contributed by atoms with Crippen LogP contribution in [0.4, 0.5) is 11.8 Å². The Morgan fingerprint density at radius 1 is 1.26 bits per heavy atom. The van der Waals surface area contributed by atoms with Gasteiger partial charge in [0.05, 0.1) is 5.39 Å². The standard InChI is InChI=1S/C14H22N4S/c1-5-10(6-2)8-16-12-11-7-9(3)19-13(11)18-14(15-4)17-12/h7,10H,5-6,8H2,1-4H3,(H2,15,16,17,18). The first kappa shape index (κ1) is 14.1. The monoisotopic (exact) mass is 278 g/mol. The molecule has 5 heteroatoms. The van der Waals surface area contributed by atoms with Gasteiger partial charge in [0.25, 0.3) is 0 Å². The van der Waals surface area contributed by atoms with Crippen molar-refractivity contribution in [2.75, 3.05) is 24.2 Å². The number of hydrogen-bond donors (Lipinski definition) is 2.